The van der Waals surface area contributed by atoms with Gasteiger partial charge in [0.05, 0.1) is 6.07 Å². The number of carbonyl (C=O) groups is 2. The molecule has 0 fully saturated rings. The number of aryl methyl sites for hydroxylation is 1. The lowest BCUT2D eigenvalue weighted by atomic mass is 10.1. The molecule has 0 saturated heterocycles. The Morgan fingerprint density at radius 2 is 1.65 bits per heavy atom. The minimum atomic E-state index is -0.385. The Morgan fingerprint density at radius 1 is 0.935 bits per heavy atom. The molecule has 0 aliphatic carbocycles. The van der Waals surface area contributed by atoms with Crippen molar-refractivity contribution >= 4 is 23.2 Å². The summed E-state index contributed by atoms with van der Waals surface area (Å²) in [5.41, 5.74) is 2.64. The van der Waals surface area contributed by atoms with Gasteiger partial charge in [-0.25, -0.2) is 0 Å². The first-order valence-electron chi connectivity index (χ1n) is 10.2. The molecule has 31 heavy (non-hydrogen) atoms. The van der Waals surface area contributed by atoms with Crippen molar-refractivity contribution in [1.29, 1.82) is 5.26 Å². The van der Waals surface area contributed by atoms with Crippen molar-refractivity contribution in [3.05, 3.63) is 59.9 Å². The number of aromatic nitrogens is 3. The van der Waals surface area contributed by atoms with E-state index in [4.69, 9.17) is 5.26 Å². The average molecular weight is 414 g/mol. The van der Waals surface area contributed by atoms with Gasteiger partial charge >= 0.3 is 0 Å². The standard InChI is InChI=1S/C23H22N6O2/c24-14-13-21(30)25-18-11-7-17(8-12-18)23(31)26-19-9-5-16(6-10-19)22-28-27-20-4-2-1-3-15-29(20)22/h5-12H,1-4,13,15H2,(H,25,30)(H,26,31). The van der Waals surface area contributed by atoms with Gasteiger partial charge in [-0.2, -0.15) is 5.26 Å². The van der Waals surface area contributed by atoms with Crippen LogP contribution in [-0.2, 0) is 17.8 Å². The molecule has 0 spiro atoms. The van der Waals surface area contributed by atoms with Crippen LogP contribution in [0.4, 0.5) is 11.4 Å². The molecule has 8 heteroatoms. The van der Waals surface area contributed by atoms with Crippen LogP contribution in [0, 0.1) is 11.3 Å². The van der Waals surface area contributed by atoms with Crippen molar-refractivity contribution in [3.8, 4) is 17.5 Å². The Morgan fingerprint density at radius 3 is 2.39 bits per heavy atom. The third-order valence-electron chi connectivity index (χ3n) is 5.18. The fraction of sp³-hybridized carbons (Fsp3) is 0.261. The van der Waals surface area contributed by atoms with Crippen LogP contribution in [0.1, 0.15) is 41.9 Å². The number of carbonyl (C=O) groups excluding carboxylic acids is 2. The Bertz CT molecular complexity index is 1130. The van der Waals surface area contributed by atoms with Crippen molar-refractivity contribution in [2.45, 2.75) is 38.6 Å². The molecule has 2 heterocycles. The Hall–Kier alpha value is -3.99. The van der Waals surface area contributed by atoms with Crippen LogP contribution < -0.4 is 10.6 Å². The third kappa shape index (κ3) is 4.78. The zero-order valence-corrected chi connectivity index (χ0v) is 17.0. The lowest BCUT2D eigenvalue weighted by Crippen LogP contribution is -2.13. The van der Waals surface area contributed by atoms with E-state index < -0.39 is 0 Å². The maximum atomic E-state index is 12.5. The Labute approximate surface area is 179 Å². The quantitative estimate of drug-likeness (QED) is 0.660. The van der Waals surface area contributed by atoms with Gasteiger partial charge in [-0.05, 0) is 61.4 Å². The highest BCUT2D eigenvalue weighted by molar-refractivity contribution is 6.04. The van der Waals surface area contributed by atoms with E-state index in [0.29, 0.717) is 16.9 Å². The number of hydrogen-bond donors (Lipinski definition) is 2. The lowest BCUT2D eigenvalue weighted by Gasteiger charge is -2.09. The summed E-state index contributed by atoms with van der Waals surface area (Å²) in [7, 11) is 0. The van der Waals surface area contributed by atoms with Crippen molar-refractivity contribution in [2.24, 2.45) is 0 Å². The summed E-state index contributed by atoms with van der Waals surface area (Å²) in [4.78, 5) is 24.0. The molecule has 0 saturated carbocycles. The Kier molecular flexibility index (Phi) is 6.03. The van der Waals surface area contributed by atoms with E-state index in [1.54, 1.807) is 30.3 Å². The van der Waals surface area contributed by atoms with Crippen LogP contribution >= 0.6 is 0 Å². The molecule has 0 bridgehead atoms. The number of fused-ring (bicyclic) bond motifs is 1. The van der Waals surface area contributed by atoms with Crippen LogP contribution in [-0.4, -0.2) is 26.6 Å². The molecule has 156 valence electrons. The van der Waals surface area contributed by atoms with Gasteiger partial charge in [-0.1, -0.05) is 6.42 Å². The fourth-order valence-corrected chi connectivity index (χ4v) is 3.59. The zero-order valence-electron chi connectivity index (χ0n) is 17.0. The maximum absolute atomic E-state index is 12.5. The number of rotatable bonds is 5. The first-order chi connectivity index (χ1) is 15.1. The van der Waals surface area contributed by atoms with Crippen LogP contribution in [0.2, 0.25) is 0 Å². The molecule has 4 rings (SSSR count). The molecular formula is C23H22N6O2. The summed E-state index contributed by atoms with van der Waals surface area (Å²) in [6, 6.07) is 15.9. The van der Waals surface area contributed by atoms with Gasteiger partial charge in [-0.15, -0.1) is 10.2 Å². The number of benzene rings is 2. The molecular weight excluding hydrogens is 392 g/mol. The molecule has 0 atom stereocenters. The second kappa shape index (κ2) is 9.22. The van der Waals surface area contributed by atoms with Crippen LogP contribution in [0.25, 0.3) is 11.4 Å². The first-order valence-corrected chi connectivity index (χ1v) is 10.2. The van der Waals surface area contributed by atoms with E-state index in [0.717, 1.165) is 43.0 Å². The van der Waals surface area contributed by atoms with E-state index in [1.807, 2.05) is 24.3 Å². The third-order valence-corrected chi connectivity index (χ3v) is 5.18. The molecule has 1 aliphatic rings. The summed E-state index contributed by atoms with van der Waals surface area (Å²) in [6.45, 7) is 0.934. The average Bonchev–Trinajstić information content (AvgIpc) is 3.03. The number of hydrogen-bond acceptors (Lipinski definition) is 5. The number of anilines is 2. The van der Waals surface area contributed by atoms with Crippen LogP contribution in [0.3, 0.4) is 0 Å². The molecule has 2 aromatic carbocycles. The molecule has 1 aliphatic heterocycles. The number of nitriles is 1. The molecule has 1 aromatic heterocycles. The van der Waals surface area contributed by atoms with Crippen molar-refractivity contribution in [1.82, 2.24) is 14.8 Å². The van der Waals surface area contributed by atoms with Crippen LogP contribution in [0.15, 0.2) is 48.5 Å². The topological polar surface area (TPSA) is 113 Å². The highest BCUT2D eigenvalue weighted by Crippen LogP contribution is 2.24. The second-order valence-corrected chi connectivity index (χ2v) is 7.39. The van der Waals surface area contributed by atoms with Gasteiger partial charge in [0.1, 0.15) is 12.2 Å². The highest BCUT2D eigenvalue weighted by Gasteiger charge is 2.16. The SMILES string of the molecule is N#CCC(=O)Nc1ccc(C(=O)Nc2ccc(-c3nnc4n3CCCCC4)cc2)cc1. The molecule has 8 nitrogen and oxygen atoms in total. The van der Waals surface area contributed by atoms with Gasteiger partial charge in [-0.3, -0.25) is 9.59 Å². The summed E-state index contributed by atoms with van der Waals surface area (Å²) < 4.78 is 2.19. The van der Waals surface area contributed by atoms with E-state index in [9.17, 15) is 9.59 Å². The zero-order chi connectivity index (χ0) is 21.6. The van der Waals surface area contributed by atoms with E-state index >= 15 is 0 Å². The molecule has 2 amide bonds. The predicted octanol–water partition coefficient (Wildman–Crippen LogP) is 3.78. The molecule has 2 N–H and O–H groups in total. The summed E-state index contributed by atoms with van der Waals surface area (Å²) >= 11 is 0. The maximum Gasteiger partial charge on any atom is 0.255 e. The summed E-state index contributed by atoms with van der Waals surface area (Å²) in [5, 5.41) is 22.7. The van der Waals surface area contributed by atoms with Crippen molar-refractivity contribution in [2.75, 3.05) is 10.6 Å². The van der Waals surface area contributed by atoms with E-state index in [1.165, 1.54) is 6.42 Å². The minimum Gasteiger partial charge on any atom is -0.325 e. The fourth-order valence-electron chi connectivity index (χ4n) is 3.59. The molecule has 0 unspecified atom stereocenters. The second-order valence-electron chi connectivity index (χ2n) is 7.39. The van der Waals surface area contributed by atoms with Gasteiger partial charge in [0.25, 0.3) is 5.91 Å². The number of nitrogens with zero attached hydrogens (tertiary/aromatic N) is 4. The Balaban J connectivity index is 1.41. The summed E-state index contributed by atoms with van der Waals surface area (Å²) in [5.74, 6) is 1.27. The predicted molar refractivity (Wildman–Crippen MR) is 116 cm³/mol. The number of amides is 2. The van der Waals surface area contributed by atoms with Gasteiger partial charge in [0, 0.05) is 35.5 Å². The van der Waals surface area contributed by atoms with Gasteiger partial charge in [0.2, 0.25) is 5.91 Å². The smallest absolute Gasteiger partial charge is 0.255 e. The van der Waals surface area contributed by atoms with Gasteiger partial charge < -0.3 is 15.2 Å². The highest BCUT2D eigenvalue weighted by atomic mass is 16.2. The number of nitrogens with one attached hydrogen (secondary N) is 2. The first kappa shape index (κ1) is 20.3. The summed E-state index contributed by atoms with van der Waals surface area (Å²) in [6.07, 6.45) is 4.24. The largest absolute Gasteiger partial charge is 0.325 e. The van der Waals surface area contributed by atoms with Gasteiger partial charge in [0.15, 0.2) is 5.82 Å². The van der Waals surface area contributed by atoms with E-state index in [-0.39, 0.29) is 18.2 Å². The normalized spacial score (nSPS) is 12.9. The van der Waals surface area contributed by atoms with E-state index in [2.05, 4.69) is 25.4 Å². The monoisotopic (exact) mass is 414 g/mol. The molecule has 0 radical (unpaired) electrons. The van der Waals surface area contributed by atoms with Crippen molar-refractivity contribution in [3.63, 3.8) is 0 Å². The lowest BCUT2D eigenvalue weighted by molar-refractivity contribution is -0.115. The minimum absolute atomic E-state index is 0.212. The molecule has 3 aromatic rings. The van der Waals surface area contributed by atoms with Crippen molar-refractivity contribution < 1.29 is 9.59 Å². The van der Waals surface area contributed by atoms with Crippen LogP contribution in [0.5, 0.6) is 0 Å².